The van der Waals surface area contributed by atoms with Crippen molar-refractivity contribution in [3.05, 3.63) is 108 Å². The Labute approximate surface area is 184 Å². The number of anilines is 2. The zero-order valence-corrected chi connectivity index (χ0v) is 17.0. The fraction of sp³-hybridized carbons (Fsp3) is 0.0385. The van der Waals surface area contributed by atoms with E-state index in [0.29, 0.717) is 29.0 Å². The van der Waals surface area contributed by atoms with Crippen LogP contribution in [0.25, 0.3) is 10.8 Å². The SMILES string of the molecule is O=C(Nc1ccc2c(c1)/C(=N/O)C(=O)N2Cc1ccccc1)c1ccc2ccccc2c1. The first-order valence-corrected chi connectivity index (χ1v) is 10.2. The lowest BCUT2D eigenvalue weighted by Crippen LogP contribution is -2.29. The molecule has 1 aliphatic rings. The minimum Gasteiger partial charge on any atom is -0.410 e. The molecule has 156 valence electrons. The Bertz CT molecular complexity index is 1380. The summed E-state index contributed by atoms with van der Waals surface area (Å²) < 4.78 is 0. The highest BCUT2D eigenvalue weighted by Crippen LogP contribution is 2.33. The summed E-state index contributed by atoms with van der Waals surface area (Å²) in [5.41, 5.74) is 3.07. The van der Waals surface area contributed by atoms with Gasteiger partial charge in [0.15, 0.2) is 5.71 Å². The third-order valence-electron chi connectivity index (χ3n) is 5.54. The minimum atomic E-state index is -0.385. The number of carbonyl (C=O) groups is 2. The fourth-order valence-corrected chi connectivity index (χ4v) is 3.94. The average molecular weight is 421 g/mol. The molecule has 4 aromatic rings. The lowest BCUT2D eigenvalue weighted by molar-refractivity contribution is -0.112. The lowest BCUT2D eigenvalue weighted by Gasteiger charge is -2.17. The standard InChI is InChI=1S/C26H19N3O3/c30-25(20-11-10-18-8-4-5-9-19(18)14-20)27-21-12-13-23-22(15-21)24(28-32)26(31)29(23)16-17-6-2-1-3-7-17/h1-15,32H,16H2,(H,27,30)/b28-24-. The Morgan fingerprint density at radius 1 is 0.875 bits per heavy atom. The molecule has 5 rings (SSSR count). The van der Waals surface area contributed by atoms with Gasteiger partial charge in [-0.25, -0.2) is 0 Å². The highest BCUT2D eigenvalue weighted by Gasteiger charge is 2.34. The number of rotatable bonds is 4. The van der Waals surface area contributed by atoms with E-state index in [4.69, 9.17) is 0 Å². The van der Waals surface area contributed by atoms with Crippen molar-refractivity contribution in [2.75, 3.05) is 10.2 Å². The molecular weight excluding hydrogens is 402 g/mol. The maximum absolute atomic E-state index is 12.8. The van der Waals surface area contributed by atoms with Gasteiger partial charge >= 0.3 is 0 Å². The molecule has 0 bridgehead atoms. The number of benzene rings is 4. The molecule has 0 aliphatic carbocycles. The molecule has 0 unspecified atom stereocenters. The molecule has 2 N–H and O–H groups in total. The summed E-state index contributed by atoms with van der Waals surface area (Å²) in [6.07, 6.45) is 0. The predicted molar refractivity (Wildman–Crippen MR) is 124 cm³/mol. The Hall–Kier alpha value is -4.45. The molecule has 0 spiro atoms. The summed E-state index contributed by atoms with van der Waals surface area (Å²) in [6.45, 7) is 0.356. The second-order valence-corrected chi connectivity index (χ2v) is 7.57. The van der Waals surface area contributed by atoms with Crippen molar-refractivity contribution >= 4 is 39.7 Å². The number of nitrogens with zero attached hydrogens (tertiary/aromatic N) is 2. The van der Waals surface area contributed by atoms with Gasteiger partial charge in [0.1, 0.15) is 0 Å². The van der Waals surface area contributed by atoms with E-state index in [0.717, 1.165) is 16.3 Å². The quantitative estimate of drug-likeness (QED) is 0.366. The van der Waals surface area contributed by atoms with Crippen molar-refractivity contribution in [2.45, 2.75) is 6.54 Å². The van der Waals surface area contributed by atoms with Crippen molar-refractivity contribution in [1.82, 2.24) is 0 Å². The van der Waals surface area contributed by atoms with Crippen LogP contribution in [0.3, 0.4) is 0 Å². The van der Waals surface area contributed by atoms with Crippen molar-refractivity contribution in [3.63, 3.8) is 0 Å². The van der Waals surface area contributed by atoms with E-state index in [-0.39, 0.29) is 17.5 Å². The van der Waals surface area contributed by atoms with Gasteiger partial charge in [-0.15, -0.1) is 0 Å². The molecular formula is C26H19N3O3. The smallest absolute Gasteiger partial charge is 0.281 e. The largest absolute Gasteiger partial charge is 0.410 e. The van der Waals surface area contributed by atoms with Gasteiger partial charge in [0, 0.05) is 16.8 Å². The van der Waals surface area contributed by atoms with Crippen LogP contribution in [-0.2, 0) is 11.3 Å². The summed E-state index contributed by atoms with van der Waals surface area (Å²) in [6, 6.07) is 28.1. The zero-order valence-electron chi connectivity index (χ0n) is 17.0. The monoisotopic (exact) mass is 421 g/mol. The average Bonchev–Trinajstić information content (AvgIpc) is 3.09. The summed E-state index contributed by atoms with van der Waals surface area (Å²) in [4.78, 5) is 27.2. The third kappa shape index (κ3) is 3.48. The maximum atomic E-state index is 12.8. The molecule has 2 amide bonds. The minimum absolute atomic E-state index is 0.0438. The normalized spacial score (nSPS) is 14.1. The molecule has 0 fully saturated rings. The summed E-state index contributed by atoms with van der Waals surface area (Å²) in [5.74, 6) is -0.645. The van der Waals surface area contributed by atoms with Crippen LogP contribution in [-0.4, -0.2) is 22.7 Å². The number of hydrogen-bond acceptors (Lipinski definition) is 4. The van der Waals surface area contributed by atoms with Crippen LogP contribution < -0.4 is 10.2 Å². The highest BCUT2D eigenvalue weighted by atomic mass is 16.4. The van der Waals surface area contributed by atoms with Crippen molar-refractivity contribution in [2.24, 2.45) is 5.16 Å². The van der Waals surface area contributed by atoms with E-state index in [1.54, 1.807) is 29.2 Å². The number of fused-ring (bicyclic) bond motifs is 2. The number of amides is 2. The van der Waals surface area contributed by atoms with Crippen LogP contribution in [0.2, 0.25) is 0 Å². The molecule has 6 heteroatoms. The molecule has 0 radical (unpaired) electrons. The molecule has 1 aliphatic heterocycles. The van der Waals surface area contributed by atoms with E-state index in [9.17, 15) is 14.8 Å². The van der Waals surface area contributed by atoms with Crippen molar-refractivity contribution in [3.8, 4) is 0 Å². The van der Waals surface area contributed by atoms with Gasteiger partial charge in [-0.1, -0.05) is 65.8 Å². The van der Waals surface area contributed by atoms with Crippen LogP contribution in [0, 0.1) is 0 Å². The molecule has 0 atom stereocenters. The molecule has 32 heavy (non-hydrogen) atoms. The first-order valence-electron chi connectivity index (χ1n) is 10.2. The van der Waals surface area contributed by atoms with Gasteiger partial charge in [-0.3, -0.25) is 9.59 Å². The molecule has 4 aromatic carbocycles. The van der Waals surface area contributed by atoms with Gasteiger partial charge < -0.3 is 15.4 Å². The number of hydrogen-bond donors (Lipinski definition) is 2. The molecule has 0 saturated carbocycles. The van der Waals surface area contributed by atoms with E-state index in [1.165, 1.54) is 0 Å². The number of carbonyl (C=O) groups excluding carboxylic acids is 2. The molecule has 1 heterocycles. The van der Waals surface area contributed by atoms with E-state index in [1.807, 2.05) is 66.7 Å². The van der Waals surface area contributed by atoms with Gasteiger partial charge in [0.25, 0.3) is 11.8 Å². The second kappa shape index (κ2) is 8.00. The Morgan fingerprint density at radius 2 is 1.62 bits per heavy atom. The molecule has 0 saturated heterocycles. The summed E-state index contributed by atoms with van der Waals surface area (Å²) >= 11 is 0. The van der Waals surface area contributed by atoms with Gasteiger partial charge in [-0.05, 0) is 46.7 Å². The van der Waals surface area contributed by atoms with Crippen LogP contribution in [0.5, 0.6) is 0 Å². The first-order chi connectivity index (χ1) is 15.6. The Kier molecular flexibility index (Phi) is 4.88. The highest BCUT2D eigenvalue weighted by molar-refractivity contribution is 6.54. The van der Waals surface area contributed by atoms with E-state index >= 15 is 0 Å². The van der Waals surface area contributed by atoms with Crippen molar-refractivity contribution in [1.29, 1.82) is 0 Å². The van der Waals surface area contributed by atoms with Gasteiger partial charge in [-0.2, -0.15) is 0 Å². The van der Waals surface area contributed by atoms with Gasteiger partial charge in [0.2, 0.25) is 0 Å². The maximum Gasteiger partial charge on any atom is 0.281 e. The van der Waals surface area contributed by atoms with E-state index in [2.05, 4.69) is 10.5 Å². The second-order valence-electron chi connectivity index (χ2n) is 7.57. The molecule has 0 aromatic heterocycles. The third-order valence-corrected chi connectivity index (χ3v) is 5.54. The number of oxime groups is 1. The lowest BCUT2D eigenvalue weighted by atomic mass is 10.1. The van der Waals surface area contributed by atoms with Crippen LogP contribution >= 0.6 is 0 Å². The summed E-state index contributed by atoms with van der Waals surface area (Å²) in [5, 5.41) is 17.6. The summed E-state index contributed by atoms with van der Waals surface area (Å²) in [7, 11) is 0. The van der Waals surface area contributed by atoms with Gasteiger partial charge in [0.05, 0.1) is 12.2 Å². The van der Waals surface area contributed by atoms with Crippen LogP contribution in [0.4, 0.5) is 11.4 Å². The van der Waals surface area contributed by atoms with Crippen LogP contribution in [0.1, 0.15) is 21.5 Å². The predicted octanol–water partition coefficient (Wildman–Crippen LogP) is 4.82. The Balaban J connectivity index is 1.43. The van der Waals surface area contributed by atoms with Crippen LogP contribution in [0.15, 0.2) is 96.2 Å². The fourth-order valence-electron chi connectivity index (χ4n) is 3.94. The zero-order chi connectivity index (χ0) is 22.1. The van der Waals surface area contributed by atoms with Crippen molar-refractivity contribution < 1.29 is 14.8 Å². The van der Waals surface area contributed by atoms with E-state index < -0.39 is 0 Å². The topological polar surface area (TPSA) is 82.0 Å². The first kappa shape index (κ1) is 19.5. The Morgan fingerprint density at radius 3 is 2.41 bits per heavy atom. The molecule has 6 nitrogen and oxygen atoms in total. The number of nitrogens with one attached hydrogen (secondary N) is 1.